The molecule has 0 fully saturated rings. The van der Waals surface area contributed by atoms with Crippen molar-refractivity contribution in [2.45, 2.75) is 20.3 Å². The van der Waals surface area contributed by atoms with E-state index in [1.165, 1.54) is 18.3 Å². The quantitative estimate of drug-likeness (QED) is 0.458. The highest BCUT2D eigenvalue weighted by molar-refractivity contribution is 6.33. The van der Waals surface area contributed by atoms with Gasteiger partial charge < -0.3 is 9.52 Å². The van der Waals surface area contributed by atoms with Gasteiger partial charge >= 0.3 is 5.97 Å². The molecule has 0 atom stereocenters. The van der Waals surface area contributed by atoms with Gasteiger partial charge in [0.1, 0.15) is 11.5 Å². The molecule has 0 unspecified atom stereocenters. The lowest BCUT2D eigenvalue weighted by Gasteiger charge is -2.05. The molecule has 7 heteroatoms. The highest BCUT2D eigenvalue weighted by Crippen LogP contribution is 2.26. The molecule has 0 saturated carbocycles. The third-order valence-electron chi connectivity index (χ3n) is 4.34. The Balaban J connectivity index is 1.64. The lowest BCUT2D eigenvalue weighted by molar-refractivity contribution is -0.120. The smallest absolute Gasteiger partial charge is 0.337 e. The van der Waals surface area contributed by atoms with Crippen molar-refractivity contribution >= 4 is 29.7 Å². The predicted molar refractivity (Wildman–Crippen MR) is 111 cm³/mol. The molecule has 148 valence electrons. The number of carboxylic acid groups (broad SMARTS) is 1. The van der Waals surface area contributed by atoms with E-state index >= 15 is 0 Å². The topological polar surface area (TPSA) is 91.9 Å². The maximum Gasteiger partial charge on any atom is 0.337 e. The van der Waals surface area contributed by atoms with Crippen LogP contribution < -0.4 is 5.43 Å². The van der Waals surface area contributed by atoms with Gasteiger partial charge in [0.15, 0.2) is 0 Å². The Labute approximate surface area is 172 Å². The Bertz CT molecular complexity index is 1100. The lowest BCUT2D eigenvalue weighted by Crippen LogP contribution is -2.20. The number of aromatic carboxylic acids is 1. The van der Waals surface area contributed by atoms with Gasteiger partial charge in [-0.3, -0.25) is 4.79 Å². The zero-order valence-corrected chi connectivity index (χ0v) is 16.7. The zero-order valence-electron chi connectivity index (χ0n) is 15.9. The van der Waals surface area contributed by atoms with Crippen molar-refractivity contribution in [3.05, 3.63) is 81.6 Å². The van der Waals surface area contributed by atoms with E-state index in [0.29, 0.717) is 17.1 Å². The summed E-state index contributed by atoms with van der Waals surface area (Å²) >= 11 is 5.88. The van der Waals surface area contributed by atoms with Crippen LogP contribution in [0.1, 0.15) is 32.8 Å². The maximum atomic E-state index is 12.1. The van der Waals surface area contributed by atoms with E-state index in [0.717, 1.165) is 16.7 Å². The number of carbonyl (C=O) groups excluding carboxylic acids is 1. The summed E-state index contributed by atoms with van der Waals surface area (Å²) in [6.07, 6.45) is 1.62. The minimum absolute atomic E-state index is 0.00514. The minimum atomic E-state index is -1.11. The molecule has 0 bridgehead atoms. The molecule has 0 saturated heterocycles. The number of furan rings is 1. The minimum Gasteiger partial charge on any atom is -0.478 e. The van der Waals surface area contributed by atoms with E-state index in [4.69, 9.17) is 16.0 Å². The Morgan fingerprint density at radius 3 is 2.66 bits per heavy atom. The number of rotatable bonds is 6. The number of benzene rings is 2. The van der Waals surface area contributed by atoms with Gasteiger partial charge in [-0.15, -0.1) is 0 Å². The Kier molecular flexibility index (Phi) is 6.14. The molecule has 1 aromatic heterocycles. The van der Waals surface area contributed by atoms with Crippen molar-refractivity contribution in [1.82, 2.24) is 5.43 Å². The SMILES string of the molecule is Cc1ccc(CC(=O)N/N=C/c2ccc(-c3ccc(Cl)c(C(=O)O)c3)o2)c(C)c1. The molecule has 3 aromatic rings. The molecule has 1 amide bonds. The van der Waals surface area contributed by atoms with Crippen molar-refractivity contribution in [2.75, 3.05) is 0 Å². The normalized spacial score (nSPS) is 11.0. The van der Waals surface area contributed by atoms with Crippen LogP contribution in [-0.4, -0.2) is 23.2 Å². The lowest BCUT2D eigenvalue weighted by atomic mass is 10.0. The first-order valence-electron chi connectivity index (χ1n) is 8.84. The third-order valence-corrected chi connectivity index (χ3v) is 4.67. The van der Waals surface area contributed by atoms with E-state index < -0.39 is 5.97 Å². The molecule has 2 aromatic carbocycles. The van der Waals surface area contributed by atoms with Gasteiger partial charge in [0.25, 0.3) is 0 Å². The molecule has 2 N–H and O–H groups in total. The summed E-state index contributed by atoms with van der Waals surface area (Å²) in [5, 5.41) is 13.2. The first-order valence-corrected chi connectivity index (χ1v) is 9.22. The summed E-state index contributed by atoms with van der Waals surface area (Å²) in [6, 6.07) is 13.9. The predicted octanol–water partition coefficient (Wildman–Crippen LogP) is 4.61. The Hall–Kier alpha value is -3.38. The number of amides is 1. The molecule has 0 aliphatic rings. The first-order chi connectivity index (χ1) is 13.8. The monoisotopic (exact) mass is 410 g/mol. The second-order valence-corrected chi connectivity index (χ2v) is 7.01. The van der Waals surface area contributed by atoms with Gasteiger partial charge in [-0.25, -0.2) is 10.2 Å². The van der Waals surface area contributed by atoms with E-state index in [1.807, 2.05) is 32.0 Å². The standard InChI is InChI=1S/C22H19ClN2O4/c1-13-3-4-15(14(2)9-13)11-21(26)25-24-12-17-6-8-20(29-17)16-5-7-19(23)18(10-16)22(27)28/h3-10,12H,11H2,1-2H3,(H,25,26)(H,27,28)/b24-12+. The molecular formula is C22H19ClN2O4. The number of nitrogens with one attached hydrogen (secondary N) is 1. The van der Waals surface area contributed by atoms with Crippen molar-refractivity contribution in [3.8, 4) is 11.3 Å². The van der Waals surface area contributed by atoms with Gasteiger partial charge in [0.05, 0.1) is 23.2 Å². The van der Waals surface area contributed by atoms with E-state index in [-0.39, 0.29) is 22.9 Å². The largest absolute Gasteiger partial charge is 0.478 e. The second kappa shape index (κ2) is 8.75. The van der Waals surface area contributed by atoms with Gasteiger partial charge in [-0.1, -0.05) is 35.4 Å². The number of halogens is 1. The van der Waals surface area contributed by atoms with Gasteiger partial charge in [-0.05, 0) is 55.3 Å². The summed E-state index contributed by atoms with van der Waals surface area (Å²) in [6.45, 7) is 3.97. The van der Waals surface area contributed by atoms with Crippen LogP contribution in [0.15, 0.2) is 58.0 Å². The summed E-state index contributed by atoms with van der Waals surface area (Å²) in [5.41, 5.74) is 6.20. The number of carboxylic acids is 1. The molecule has 0 aliphatic heterocycles. The molecule has 1 heterocycles. The third kappa shape index (κ3) is 5.12. The molecule has 29 heavy (non-hydrogen) atoms. The Morgan fingerprint density at radius 2 is 1.93 bits per heavy atom. The summed E-state index contributed by atoms with van der Waals surface area (Å²) in [4.78, 5) is 23.3. The van der Waals surface area contributed by atoms with Gasteiger partial charge in [0, 0.05) is 5.56 Å². The number of hydrazone groups is 1. The van der Waals surface area contributed by atoms with Crippen LogP contribution in [0.25, 0.3) is 11.3 Å². The second-order valence-electron chi connectivity index (χ2n) is 6.60. The molecule has 0 aliphatic carbocycles. The fourth-order valence-electron chi connectivity index (χ4n) is 2.84. The zero-order chi connectivity index (χ0) is 21.0. The number of carbonyl (C=O) groups is 2. The number of hydrogen-bond donors (Lipinski definition) is 2. The van der Waals surface area contributed by atoms with Crippen molar-refractivity contribution in [1.29, 1.82) is 0 Å². The van der Waals surface area contributed by atoms with Crippen LogP contribution in [0.5, 0.6) is 0 Å². The summed E-state index contributed by atoms with van der Waals surface area (Å²) in [7, 11) is 0. The average molecular weight is 411 g/mol. The maximum absolute atomic E-state index is 12.1. The molecular weight excluding hydrogens is 392 g/mol. The number of aryl methyl sites for hydroxylation is 2. The van der Waals surface area contributed by atoms with Crippen molar-refractivity contribution in [2.24, 2.45) is 5.10 Å². The van der Waals surface area contributed by atoms with Crippen molar-refractivity contribution in [3.63, 3.8) is 0 Å². The Morgan fingerprint density at radius 1 is 1.14 bits per heavy atom. The molecule has 6 nitrogen and oxygen atoms in total. The van der Waals surface area contributed by atoms with E-state index in [2.05, 4.69) is 10.5 Å². The molecule has 0 spiro atoms. The van der Waals surface area contributed by atoms with Crippen molar-refractivity contribution < 1.29 is 19.1 Å². The fraction of sp³-hybridized carbons (Fsp3) is 0.136. The van der Waals surface area contributed by atoms with Crippen LogP contribution in [0, 0.1) is 13.8 Å². The van der Waals surface area contributed by atoms with Gasteiger partial charge in [0.2, 0.25) is 5.91 Å². The molecule has 0 radical (unpaired) electrons. The first kappa shape index (κ1) is 20.4. The van der Waals surface area contributed by atoms with E-state index in [1.54, 1.807) is 18.2 Å². The van der Waals surface area contributed by atoms with E-state index in [9.17, 15) is 14.7 Å². The highest BCUT2D eigenvalue weighted by Gasteiger charge is 2.12. The fourth-order valence-corrected chi connectivity index (χ4v) is 3.04. The van der Waals surface area contributed by atoms with Gasteiger partial charge in [-0.2, -0.15) is 5.10 Å². The van der Waals surface area contributed by atoms with Crippen LogP contribution >= 0.6 is 11.6 Å². The summed E-state index contributed by atoms with van der Waals surface area (Å²) in [5.74, 6) is -0.466. The highest BCUT2D eigenvalue weighted by atomic mass is 35.5. The van der Waals surface area contributed by atoms with Crippen LogP contribution in [-0.2, 0) is 11.2 Å². The summed E-state index contributed by atoms with van der Waals surface area (Å²) < 4.78 is 5.64. The molecule has 3 rings (SSSR count). The van der Waals surface area contributed by atoms with Crippen LogP contribution in [0.4, 0.5) is 0 Å². The van der Waals surface area contributed by atoms with Crippen LogP contribution in [0.2, 0.25) is 5.02 Å². The number of hydrogen-bond acceptors (Lipinski definition) is 4. The van der Waals surface area contributed by atoms with Crippen LogP contribution in [0.3, 0.4) is 0 Å². The number of nitrogens with zero attached hydrogens (tertiary/aromatic N) is 1. The average Bonchev–Trinajstić information content (AvgIpc) is 3.13.